The number of aliphatic imine (C=N–C) groups is 1. The maximum atomic E-state index is 11.4. The maximum Gasteiger partial charge on any atom is 0.341 e. The minimum absolute atomic E-state index is 0.291. The summed E-state index contributed by atoms with van der Waals surface area (Å²) in [6, 6.07) is 3.03. The fraction of sp³-hybridized carbons (Fsp3) is 0.200. The molecule has 0 heterocycles. The van der Waals surface area contributed by atoms with E-state index in [1.165, 1.54) is 26.4 Å². The van der Waals surface area contributed by atoms with Gasteiger partial charge in [-0.2, -0.15) is 4.99 Å². The summed E-state index contributed by atoms with van der Waals surface area (Å²) in [4.78, 5) is 25.1. The maximum absolute atomic E-state index is 11.4. The Morgan fingerprint density at radius 2 is 2.12 bits per heavy atom. The van der Waals surface area contributed by atoms with Crippen LogP contribution in [0.2, 0.25) is 0 Å². The van der Waals surface area contributed by atoms with Gasteiger partial charge in [-0.15, -0.1) is 0 Å². The first-order chi connectivity index (χ1) is 7.63. The molecule has 84 valence electrons. The van der Waals surface area contributed by atoms with Crippen molar-refractivity contribution in [3.05, 3.63) is 21.3 Å². The molecule has 0 bridgehead atoms. The predicted octanol–water partition coefficient (Wildman–Crippen LogP) is 2.05. The van der Waals surface area contributed by atoms with Crippen molar-refractivity contribution in [2.24, 2.45) is 4.99 Å². The van der Waals surface area contributed by atoms with Gasteiger partial charge in [0.1, 0.15) is 11.3 Å². The van der Waals surface area contributed by atoms with Crippen LogP contribution in [0.3, 0.4) is 0 Å². The van der Waals surface area contributed by atoms with E-state index in [4.69, 9.17) is 4.74 Å². The van der Waals surface area contributed by atoms with Crippen LogP contribution in [0.15, 0.2) is 17.1 Å². The van der Waals surface area contributed by atoms with Crippen LogP contribution in [0.5, 0.6) is 5.75 Å². The lowest BCUT2D eigenvalue weighted by Gasteiger charge is -2.08. The molecule has 1 aromatic carbocycles. The van der Waals surface area contributed by atoms with Crippen molar-refractivity contribution >= 4 is 40.3 Å². The molecule has 0 aliphatic carbocycles. The van der Waals surface area contributed by atoms with Gasteiger partial charge in [0.05, 0.1) is 19.9 Å². The first kappa shape index (κ1) is 12.7. The molecule has 5 nitrogen and oxygen atoms in total. The number of hydrogen-bond donors (Lipinski definition) is 0. The number of ether oxygens (including phenoxy) is 2. The molecule has 0 aliphatic heterocycles. The fourth-order valence-electron chi connectivity index (χ4n) is 1.12. The molecule has 0 aliphatic rings. The van der Waals surface area contributed by atoms with Crippen LogP contribution in [0.4, 0.5) is 5.69 Å². The molecule has 0 atom stereocenters. The van der Waals surface area contributed by atoms with Crippen molar-refractivity contribution in [3.8, 4) is 5.75 Å². The summed E-state index contributed by atoms with van der Waals surface area (Å²) < 4.78 is 10.3. The van der Waals surface area contributed by atoms with Crippen LogP contribution in [-0.2, 0) is 9.53 Å². The van der Waals surface area contributed by atoms with Crippen LogP contribution in [-0.4, -0.2) is 26.3 Å². The highest BCUT2D eigenvalue weighted by Gasteiger charge is 2.15. The van der Waals surface area contributed by atoms with Gasteiger partial charge >= 0.3 is 5.97 Å². The summed E-state index contributed by atoms with van der Waals surface area (Å²) in [6.45, 7) is 0. The Morgan fingerprint density at radius 1 is 1.44 bits per heavy atom. The number of rotatable bonds is 3. The second-order valence-corrected chi connectivity index (χ2v) is 3.86. The van der Waals surface area contributed by atoms with Crippen molar-refractivity contribution < 1.29 is 19.1 Å². The third-order valence-electron chi connectivity index (χ3n) is 1.84. The highest BCUT2D eigenvalue weighted by Crippen LogP contribution is 2.30. The number of benzene rings is 1. The van der Waals surface area contributed by atoms with Gasteiger partial charge in [-0.3, -0.25) is 0 Å². The average Bonchev–Trinajstić information content (AvgIpc) is 2.30. The van der Waals surface area contributed by atoms with Gasteiger partial charge in [0.2, 0.25) is 6.08 Å². The van der Waals surface area contributed by atoms with Gasteiger partial charge in [0.15, 0.2) is 0 Å². The number of esters is 1. The molecule has 0 unspecified atom stereocenters. The number of methoxy groups -OCH3 is 2. The quantitative estimate of drug-likeness (QED) is 0.368. The molecule has 0 amide bonds. The lowest BCUT2D eigenvalue weighted by Crippen LogP contribution is -2.04. The Kier molecular flexibility index (Phi) is 4.45. The van der Waals surface area contributed by atoms with E-state index in [2.05, 4.69) is 9.73 Å². The second-order valence-electron chi connectivity index (χ2n) is 2.70. The number of hydrogen-bond acceptors (Lipinski definition) is 5. The van der Waals surface area contributed by atoms with Crippen LogP contribution in [0, 0.1) is 3.57 Å². The van der Waals surface area contributed by atoms with E-state index in [1.54, 1.807) is 6.07 Å². The summed E-state index contributed by atoms with van der Waals surface area (Å²) in [5.74, 6) is -0.197. The van der Waals surface area contributed by atoms with Crippen LogP contribution in [0.1, 0.15) is 10.4 Å². The monoisotopic (exact) mass is 333 g/mol. The van der Waals surface area contributed by atoms with E-state index in [9.17, 15) is 9.59 Å². The summed E-state index contributed by atoms with van der Waals surface area (Å²) in [6.07, 6.45) is 1.44. The Bertz CT molecular complexity index is 466. The molecule has 16 heavy (non-hydrogen) atoms. The average molecular weight is 333 g/mol. The summed E-state index contributed by atoms with van der Waals surface area (Å²) >= 11 is 1.96. The van der Waals surface area contributed by atoms with Gasteiger partial charge in [-0.05, 0) is 28.7 Å². The highest BCUT2D eigenvalue weighted by molar-refractivity contribution is 14.1. The summed E-state index contributed by atoms with van der Waals surface area (Å²) in [5, 5.41) is 0. The molecule has 0 saturated heterocycles. The minimum atomic E-state index is -0.503. The van der Waals surface area contributed by atoms with Gasteiger partial charge in [-0.1, -0.05) is 0 Å². The van der Waals surface area contributed by atoms with Gasteiger partial charge < -0.3 is 9.47 Å². The molecule has 1 rings (SSSR count). The predicted molar refractivity (Wildman–Crippen MR) is 64.8 cm³/mol. The van der Waals surface area contributed by atoms with Crippen molar-refractivity contribution in [2.45, 2.75) is 0 Å². The third kappa shape index (κ3) is 2.59. The standard InChI is InChI=1S/C10H8INO4/c1-15-9-4-8(12-5-13)7(11)3-6(9)10(14)16-2/h3-4H,1-2H3. The molecule has 0 fully saturated rings. The highest BCUT2D eigenvalue weighted by atomic mass is 127. The fourth-order valence-corrected chi connectivity index (χ4v) is 1.70. The number of isocyanates is 1. The van der Waals surface area contributed by atoms with Crippen LogP contribution >= 0.6 is 22.6 Å². The van der Waals surface area contributed by atoms with Gasteiger partial charge in [0.25, 0.3) is 0 Å². The summed E-state index contributed by atoms with van der Waals surface area (Å²) in [5.41, 5.74) is 0.694. The Balaban J connectivity index is 3.37. The smallest absolute Gasteiger partial charge is 0.341 e. The molecule has 0 aromatic heterocycles. The van der Waals surface area contributed by atoms with Gasteiger partial charge in [-0.25, -0.2) is 9.59 Å². The zero-order valence-electron chi connectivity index (χ0n) is 8.61. The number of carbonyl (C=O) groups is 1. The topological polar surface area (TPSA) is 65.0 Å². The van der Waals surface area contributed by atoms with Gasteiger partial charge in [0, 0.05) is 9.64 Å². The Labute approximate surface area is 106 Å². The molecule has 0 N–H and O–H groups in total. The molecule has 0 spiro atoms. The number of carbonyl (C=O) groups excluding carboxylic acids is 2. The zero-order chi connectivity index (χ0) is 12.1. The molecule has 1 aromatic rings. The van der Waals surface area contributed by atoms with E-state index < -0.39 is 5.97 Å². The minimum Gasteiger partial charge on any atom is -0.496 e. The second kappa shape index (κ2) is 5.62. The van der Waals surface area contributed by atoms with E-state index in [-0.39, 0.29) is 0 Å². The van der Waals surface area contributed by atoms with E-state index in [0.29, 0.717) is 20.6 Å². The number of nitrogens with zero attached hydrogens (tertiary/aromatic N) is 1. The molecule has 0 saturated carbocycles. The SMILES string of the molecule is COC(=O)c1cc(I)c(N=C=O)cc1OC. The lowest BCUT2D eigenvalue weighted by molar-refractivity contribution is 0.0597. The van der Waals surface area contributed by atoms with Crippen molar-refractivity contribution in [3.63, 3.8) is 0 Å². The number of halogens is 1. The molecule has 6 heteroatoms. The molecular weight excluding hydrogens is 325 g/mol. The first-order valence-corrected chi connectivity index (χ1v) is 5.25. The van der Waals surface area contributed by atoms with Crippen LogP contribution in [0.25, 0.3) is 0 Å². The van der Waals surface area contributed by atoms with Crippen molar-refractivity contribution in [1.29, 1.82) is 0 Å². The first-order valence-electron chi connectivity index (χ1n) is 4.17. The van der Waals surface area contributed by atoms with Crippen molar-refractivity contribution in [1.82, 2.24) is 0 Å². The van der Waals surface area contributed by atoms with E-state index >= 15 is 0 Å². The van der Waals surface area contributed by atoms with Crippen molar-refractivity contribution in [2.75, 3.05) is 14.2 Å². The zero-order valence-corrected chi connectivity index (χ0v) is 10.8. The third-order valence-corrected chi connectivity index (χ3v) is 2.70. The van der Waals surface area contributed by atoms with E-state index in [0.717, 1.165) is 0 Å². The molecular formula is C10H8INO4. The van der Waals surface area contributed by atoms with Crippen LogP contribution < -0.4 is 4.74 Å². The Morgan fingerprint density at radius 3 is 2.62 bits per heavy atom. The summed E-state index contributed by atoms with van der Waals surface area (Å²) in [7, 11) is 2.70. The van der Waals surface area contributed by atoms with E-state index in [1.807, 2.05) is 22.6 Å². The normalized spacial score (nSPS) is 9.19. The molecule has 0 radical (unpaired) electrons. The lowest BCUT2D eigenvalue weighted by atomic mass is 10.2. The Hall–Kier alpha value is -1.40. The largest absolute Gasteiger partial charge is 0.496 e.